The molecule has 0 bridgehead atoms. The number of amides is 1. The number of aliphatic hydroxyl groups is 1. The zero-order valence-electron chi connectivity index (χ0n) is 10.9. The summed E-state index contributed by atoms with van der Waals surface area (Å²) in [6.45, 7) is 0.403. The quantitative estimate of drug-likeness (QED) is 0.874. The van der Waals surface area contributed by atoms with Crippen molar-refractivity contribution < 1.29 is 14.6 Å². The number of aliphatic hydroxyl groups excluding tert-OH is 1. The lowest BCUT2D eigenvalue weighted by molar-refractivity contribution is -0.130. The minimum atomic E-state index is -0.700. The maximum Gasteiger partial charge on any atom is 0.226 e. The van der Waals surface area contributed by atoms with Crippen molar-refractivity contribution in [2.45, 2.75) is 12.5 Å². The van der Waals surface area contributed by atoms with Crippen LogP contribution in [-0.2, 0) is 16.0 Å². The SMILES string of the molecule is COC[C@H](O)CN(C)C(=O)Cc1cc(Cl)ccc1Cl. The van der Waals surface area contributed by atoms with Gasteiger partial charge in [0.1, 0.15) is 0 Å². The zero-order chi connectivity index (χ0) is 14.4. The highest BCUT2D eigenvalue weighted by atomic mass is 35.5. The Morgan fingerprint density at radius 3 is 2.79 bits per heavy atom. The van der Waals surface area contributed by atoms with Crippen LogP contribution in [0.25, 0.3) is 0 Å². The van der Waals surface area contributed by atoms with E-state index in [0.717, 1.165) is 0 Å². The van der Waals surface area contributed by atoms with Crippen molar-refractivity contribution in [2.75, 3.05) is 27.3 Å². The van der Waals surface area contributed by atoms with Gasteiger partial charge < -0.3 is 14.7 Å². The van der Waals surface area contributed by atoms with E-state index < -0.39 is 6.10 Å². The molecule has 19 heavy (non-hydrogen) atoms. The van der Waals surface area contributed by atoms with Crippen LogP contribution in [0.3, 0.4) is 0 Å². The number of rotatable bonds is 6. The molecule has 0 aliphatic carbocycles. The molecular formula is C13H17Cl2NO3. The molecule has 4 nitrogen and oxygen atoms in total. The van der Waals surface area contributed by atoms with Crippen LogP contribution in [0.4, 0.5) is 0 Å². The Morgan fingerprint density at radius 2 is 2.16 bits per heavy atom. The van der Waals surface area contributed by atoms with Gasteiger partial charge in [0.05, 0.1) is 19.1 Å². The number of benzene rings is 1. The van der Waals surface area contributed by atoms with E-state index in [1.54, 1.807) is 25.2 Å². The van der Waals surface area contributed by atoms with E-state index in [9.17, 15) is 9.90 Å². The summed E-state index contributed by atoms with van der Waals surface area (Å²) >= 11 is 11.9. The van der Waals surface area contributed by atoms with Gasteiger partial charge in [-0.05, 0) is 23.8 Å². The molecule has 0 spiro atoms. The van der Waals surface area contributed by atoms with Gasteiger partial charge in [0, 0.05) is 30.7 Å². The Labute approximate surface area is 122 Å². The second-order valence-electron chi connectivity index (χ2n) is 4.30. The average molecular weight is 306 g/mol. The second kappa shape index (κ2) is 7.70. The molecule has 1 aromatic carbocycles. The van der Waals surface area contributed by atoms with Crippen LogP contribution in [0.1, 0.15) is 5.56 Å². The topological polar surface area (TPSA) is 49.8 Å². The van der Waals surface area contributed by atoms with Crippen LogP contribution in [0.15, 0.2) is 18.2 Å². The van der Waals surface area contributed by atoms with E-state index >= 15 is 0 Å². The number of hydrogen-bond donors (Lipinski definition) is 1. The Balaban J connectivity index is 2.61. The summed E-state index contributed by atoms with van der Waals surface area (Å²) in [5.74, 6) is -0.140. The molecule has 0 saturated carbocycles. The molecule has 6 heteroatoms. The number of halogens is 2. The van der Waals surface area contributed by atoms with E-state index in [-0.39, 0.29) is 25.5 Å². The van der Waals surface area contributed by atoms with Crippen molar-refractivity contribution in [3.05, 3.63) is 33.8 Å². The molecule has 0 unspecified atom stereocenters. The average Bonchev–Trinajstić information content (AvgIpc) is 2.34. The fourth-order valence-electron chi connectivity index (χ4n) is 1.64. The predicted octanol–water partition coefficient (Wildman–Crippen LogP) is 2.00. The number of ether oxygens (including phenoxy) is 1. The van der Waals surface area contributed by atoms with Crippen molar-refractivity contribution in [1.82, 2.24) is 4.90 Å². The van der Waals surface area contributed by atoms with Crippen molar-refractivity contribution in [3.63, 3.8) is 0 Å². The predicted molar refractivity (Wildman–Crippen MR) is 75.7 cm³/mol. The number of hydrogen-bond acceptors (Lipinski definition) is 3. The summed E-state index contributed by atoms with van der Waals surface area (Å²) in [5.41, 5.74) is 0.673. The molecule has 0 aliphatic rings. The van der Waals surface area contributed by atoms with Crippen LogP contribution >= 0.6 is 23.2 Å². The summed E-state index contributed by atoms with van der Waals surface area (Å²) in [4.78, 5) is 13.4. The van der Waals surface area contributed by atoms with Crippen molar-refractivity contribution in [2.24, 2.45) is 0 Å². The molecule has 0 saturated heterocycles. The number of likely N-dealkylation sites (N-methyl/N-ethyl adjacent to an activating group) is 1. The van der Waals surface area contributed by atoms with E-state index in [2.05, 4.69) is 0 Å². The van der Waals surface area contributed by atoms with Crippen LogP contribution in [0.5, 0.6) is 0 Å². The Morgan fingerprint density at radius 1 is 1.47 bits per heavy atom. The molecule has 0 aliphatic heterocycles. The van der Waals surface area contributed by atoms with Crippen molar-refractivity contribution >= 4 is 29.1 Å². The lowest BCUT2D eigenvalue weighted by Crippen LogP contribution is -2.37. The van der Waals surface area contributed by atoms with Gasteiger partial charge in [0.2, 0.25) is 5.91 Å². The van der Waals surface area contributed by atoms with Gasteiger partial charge >= 0.3 is 0 Å². The smallest absolute Gasteiger partial charge is 0.226 e. The standard InChI is InChI=1S/C13H17Cl2NO3/c1-16(7-11(17)8-19-2)13(18)6-9-5-10(14)3-4-12(9)15/h3-5,11,17H,6-8H2,1-2H3/t11-/m1/s1. The number of methoxy groups -OCH3 is 1. The highest BCUT2D eigenvalue weighted by molar-refractivity contribution is 6.33. The summed E-state index contributed by atoms with van der Waals surface area (Å²) in [7, 11) is 3.12. The fraction of sp³-hybridized carbons (Fsp3) is 0.462. The van der Waals surface area contributed by atoms with Crippen LogP contribution < -0.4 is 0 Å². The van der Waals surface area contributed by atoms with Gasteiger partial charge in [0.25, 0.3) is 0 Å². The van der Waals surface area contributed by atoms with Crippen molar-refractivity contribution in [3.8, 4) is 0 Å². The molecular weight excluding hydrogens is 289 g/mol. The highest BCUT2D eigenvalue weighted by Gasteiger charge is 2.15. The molecule has 0 aromatic heterocycles. The van der Waals surface area contributed by atoms with Crippen LogP contribution in [0, 0.1) is 0 Å². The third kappa shape index (κ3) is 5.37. The number of carbonyl (C=O) groups is 1. The molecule has 1 N–H and O–H groups in total. The molecule has 1 atom stereocenters. The van der Waals surface area contributed by atoms with E-state index in [0.29, 0.717) is 15.6 Å². The van der Waals surface area contributed by atoms with Gasteiger partial charge in [-0.3, -0.25) is 4.79 Å². The third-order valence-corrected chi connectivity index (χ3v) is 3.22. The Bertz CT molecular complexity index is 440. The van der Waals surface area contributed by atoms with E-state index in [4.69, 9.17) is 27.9 Å². The van der Waals surface area contributed by atoms with Crippen LogP contribution in [-0.4, -0.2) is 49.3 Å². The third-order valence-electron chi connectivity index (χ3n) is 2.62. The first-order chi connectivity index (χ1) is 8.93. The van der Waals surface area contributed by atoms with E-state index in [1.165, 1.54) is 12.0 Å². The molecule has 0 heterocycles. The molecule has 106 valence electrons. The summed E-state index contributed by atoms with van der Waals surface area (Å²) in [5, 5.41) is 10.6. The molecule has 0 fully saturated rings. The minimum absolute atomic E-state index is 0.140. The van der Waals surface area contributed by atoms with Gasteiger partial charge in [-0.2, -0.15) is 0 Å². The fourth-order valence-corrected chi connectivity index (χ4v) is 2.02. The lowest BCUT2D eigenvalue weighted by atomic mass is 10.1. The summed E-state index contributed by atoms with van der Waals surface area (Å²) in [6.07, 6.45) is -0.552. The first-order valence-corrected chi connectivity index (χ1v) is 6.54. The van der Waals surface area contributed by atoms with Gasteiger partial charge in [0.15, 0.2) is 0 Å². The molecule has 1 amide bonds. The maximum absolute atomic E-state index is 12.0. The van der Waals surface area contributed by atoms with Crippen LogP contribution in [0.2, 0.25) is 10.0 Å². The maximum atomic E-state index is 12.0. The van der Waals surface area contributed by atoms with Gasteiger partial charge in [-0.15, -0.1) is 0 Å². The number of carbonyl (C=O) groups excluding carboxylic acids is 1. The molecule has 1 rings (SSSR count). The van der Waals surface area contributed by atoms with Gasteiger partial charge in [-0.25, -0.2) is 0 Å². The largest absolute Gasteiger partial charge is 0.389 e. The lowest BCUT2D eigenvalue weighted by Gasteiger charge is -2.20. The van der Waals surface area contributed by atoms with Gasteiger partial charge in [-0.1, -0.05) is 23.2 Å². The number of nitrogens with zero attached hydrogens (tertiary/aromatic N) is 1. The zero-order valence-corrected chi connectivity index (χ0v) is 12.4. The van der Waals surface area contributed by atoms with Crippen molar-refractivity contribution in [1.29, 1.82) is 0 Å². The summed E-state index contributed by atoms with van der Waals surface area (Å²) in [6, 6.07) is 5.00. The first-order valence-electron chi connectivity index (χ1n) is 5.79. The highest BCUT2D eigenvalue weighted by Crippen LogP contribution is 2.21. The van der Waals surface area contributed by atoms with E-state index in [1.807, 2.05) is 0 Å². The first kappa shape index (κ1) is 16.2. The monoisotopic (exact) mass is 305 g/mol. The minimum Gasteiger partial charge on any atom is -0.389 e. The normalized spacial score (nSPS) is 12.3. The second-order valence-corrected chi connectivity index (χ2v) is 5.14. The Kier molecular flexibility index (Phi) is 6.58. The Hall–Kier alpha value is -0.810. The summed E-state index contributed by atoms with van der Waals surface area (Å²) < 4.78 is 4.81. The molecule has 1 aromatic rings. The molecule has 0 radical (unpaired) electrons.